The van der Waals surface area contributed by atoms with E-state index in [1.807, 2.05) is 35.9 Å². The van der Waals surface area contributed by atoms with Crippen LogP contribution in [0.5, 0.6) is 0 Å². The van der Waals surface area contributed by atoms with Crippen molar-refractivity contribution in [1.29, 1.82) is 0 Å². The normalized spacial score (nSPS) is 10.4. The molecule has 0 unspecified atom stereocenters. The van der Waals surface area contributed by atoms with Gasteiger partial charge < -0.3 is 5.32 Å². The van der Waals surface area contributed by atoms with E-state index >= 15 is 0 Å². The van der Waals surface area contributed by atoms with E-state index in [1.54, 1.807) is 6.20 Å². The molecule has 1 N–H and O–H groups in total. The molecule has 0 atom stereocenters. The van der Waals surface area contributed by atoms with Crippen molar-refractivity contribution in [3.05, 3.63) is 36.4 Å². The van der Waals surface area contributed by atoms with Crippen molar-refractivity contribution in [3.8, 4) is 5.82 Å². The van der Waals surface area contributed by atoms with Crippen LogP contribution < -0.4 is 5.32 Å². The van der Waals surface area contributed by atoms with E-state index in [9.17, 15) is 0 Å². The lowest BCUT2D eigenvalue weighted by Crippen LogP contribution is -2.05. The number of aromatic nitrogens is 3. The number of nitrogens with zero attached hydrogens (tertiary/aromatic N) is 3. The van der Waals surface area contributed by atoms with Gasteiger partial charge in [-0.25, -0.2) is 9.97 Å². The Labute approximate surface area is 95.4 Å². The number of hydrogen-bond acceptors (Lipinski definition) is 3. The van der Waals surface area contributed by atoms with Crippen molar-refractivity contribution in [1.82, 2.24) is 14.5 Å². The Morgan fingerprint density at radius 1 is 1.38 bits per heavy atom. The monoisotopic (exact) mass is 216 g/mol. The molecule has 0 aromatic carbocycles. The van der Waals surface area contributed by atoms with Crippen LogP contribution in [-0.4, -0.2) is 21.1 Å². The first-order valence-electron chi connectivity index (χ1n) is 5.52. The Balaban J connectivity index is 2.26. The molecular weight excluding hydrogens is 200 g/mol. The number of imidazole rings is 1. The molecule has 0 spiro atoms. The van der Waals surface area contributed by atoms with Crippen LogP contribution in [0, 0.1) is 6.92 Å². The first kappa shape index (κ1) is 10.7. The van der Waals surface area contributed by atoms with Gasteiger partial charge in [0.1, 0.15) is 17.5 Å². The van der Waals surface area contributed by atoms with Gasteiger partial charge >= 0.3 is 0 Å². The third-order valence-electron chi connectivity index (χ3n) is 2.36. The summed E-state index contributed by atoms with van der Waals surface area (Å²) in [6.45, 7) is 5.05. The second-order valence-corrected chi connectivity index (χ2v) is 3.65. The fraction of sp³-hybridized carbons (Fsp3) is 0.333. The van der Waals surface area contributed by atoms with Crippen LogP contribution in [0.15, 0.2) is 30.6 Å². The molecule has 4 nitrogen and oxygen atoms in total. The molecule has 0 saturated carbocycles. The van der Waals surface area contributed by atoms with Gasteiger partial charge in [-0.1, -0.05) is 13.0 Å². The summed E-state index contributed by atoms with van der Waals surface area (Å²) in [5.74, 6) is 2.75. The lowest BCUT2D eigenvalue weighted by Gasteiger charge is -2.07. The third-order valence-corrected chi connectivity index (χ3v) is 2.36. The van der Waals surface area contributed by atoms with Gasteiger partial charge in [-0.3, -0.25) is 4.57 Å². The first-order chi connectivity index (χ1) is 7.81. The molecule has 0 bridgehead atoms. The highest BCUT2D eigenvalue weighted by molar-refractivity contribution is 5.40. The van der Waals surface area contributed by atoms with Crippen molar-refractivity contribution in [2.45, 2.75) is 20.3 Å². The van der Waals surface area contributed by atoms with E-state index in [4.69, 9.17) is 0 Å². The number of rotatable bonds is 4. The summed E-state index contributed by atoms with van der Waals surface area (Å²) in [6, 6.07) is 5.96. The van der Waals surface area contributed by atoms with Gasteiger partial charge in [0.05, 0.1) is 0 Å². The van der Waals surface area contributed by atoms with E-state index < -0.39 is 0 Å². The van der Waals surface area contributed by atoms with Gasteiger partial charge in [0.15, 0.2) is 0 Å². The zero-order valence-electron chi connectivity index (χ0n) is 9.64. The molecule has 2 aromatic heterocycles. The lowest BCUT2D eigenvalue weighted by atomic mass is 10.4. The molecule has 16 heavy (non-hydrogen) atoms. The van der Waals surface area contributed by atoms with E-state index in [1.165, 1.54) is 0 Å². The molecule has 4 heteroatoms. The number of pyridine rings is 1. The van der Waals surface area contributed by atoms with Crippen molar-refractivity contribution < 1.29 is 0 Å². The van der Waals surface area contributed by atoms with Crippen LogP contribution in [0.2, 0.25) is 0 Å². The second kappa shape index (κ2) is 4.79. The minimum Gasteiger partial charge on any atom is -0.370 e. The summed E-state index contributed by atoms with van der Waals surface area (Å²) in [7, 11) is 0. The Hall–Kier alpha value is -1.84. The summed E-state index contributed by atoms with van der Waals surface area (Å²) >= 11 is 0. The maximum atomic E-state index is 4.53. The van der Waals surface area contributed by atoms with Gasteiger partial charge in [0.25, 0.3) is 0 Å². The second-order valence-electron chi connectivity index (χ2n) is 3.65. The standard InChI is InChI=1S/C12H16N4/c1-3-7-14-11-5-4-6-12(15-11)16-9-8-13-10(16)2/h4-6,8-9H,3,7H2,1-2H3,(H,14,15). The fourth-order valence-electron chi connectivity index (χ4n) is 1.53. The van der Waals surface area contributed by atoms with Crippen LogP contribution in [0.1, 0.15) is 19.2 Å². The van der Waals surface area contributed by atoms with E-state index in [0.29, 0.717) is 0 Å². The largest absolute Gasteiger partial charge is 0.370 e. The molecule has 2 aromatic rings. The molecule has 0 radical (unpaired) electrons. The summed E-state index contributed by atoms with van der Waals surface area (Å²) in [4.78, 5) is 8.71. The smallest absolute Gasteiger partial charge is 0.140 e. The highest BCUT2D eigenvalue weighted by atomic mass is 15.1. The van der Waals surface area contributed by atoms with Crippen molar-refractivity contribution in [2.24, 2.45) is 0 Å². The Bertz CT molecular complexity index is 462. The van der Waals surface area contributed by atoms with Crippen LogP contribution in [0.4, 0.5) is 5.82 Å². The minimum atomic E-state index is 0.899. The highest BCUT2D eigenvalue weighted by Crippen LogP contribution is 2.10. The summed E-state index contributed by atoms with van der Waals surface area (Å²) in [5, 5.41) is 3.27. The molecule has 0 saturated heterocycles. The number of aryl methyl sites for hydroxylation is 1. The summed E-state index contributed by atoms with van der Waals surface area (Å²) < 4.78 is 1.97. The minimum absolute atomic E-state index is 0.899. The SMILES string of the molecule is CCCNc1cccc(-n2ccnc2C)n1. The average molecular weight is 216 g/mol. The molecule has 0 fully saturated rings. The van der Waals surface area contributed by atoms with E-state index in [0.717, 1.165) is 30.4 Å². The average Bonchev–Trinajstić information content (AvgIpc) is 2.73. The quantitative estimate of drug-likeness (QED) is 0.853. The molecule has 2 heterocycles. The maximum absolute atomic E-state index is 4.53. The number of hydrogen-bond donors (Lipinski definition) is 1. The van der Waals surface area contributed by atoms with Crippen LogP contribution in [0.3, 0.4) is 0 Å². The molecule has 2 rings (SSSR count). The molecule has 84 valence electrons. The number of anilines is 1. The highest BCUT2D eigenvalue weighted by Gasteiger charge is 2.02. The van der Waals surface area contributed by atoms with Crippen LogP contribution in [0.25, 0.3) is 5.82 Å². The van der Waals surface area contributed by atoms with E-state index in [2.05, 4.69) is 22.2 Å². The van der Waals surface area contributed by atoms with Crippen molar-refractivity contribution in [2.75, 3.05) is 11.9 Å². The summed E-state index contributed by atoms with van der Waals surface area (Å²) in [6.07, 6.45) is 4.79. The molecule has 0 aliphatic heterocycles. The van der Waals surface area contributed by atoms with Crippen molar-refractivity contribution in [3.63, 3.8) is 0 Å². The van der Waals surface area contributed by atoms with Gasteiger partial charge in [-0.15, -0.1) is 0 Å². The van der Waals surface area contributed by atoms with E-state index in [-0.39, 0.29) is 0 Å². The first-order valence-corrected chi connectivity index (χ1v) is 5.52. The Kier molecular flexibility index (Phi) is 3.19. The number of nitrogens with one attached hydrogen (secondary N) is 1. The van der Waals surface area contributed by atoms with Crippen LogP contribution in [-0.2, 0) is 0 Å². The molecular formula is C12H16N4. The predicted octanol–water partition coefficient (Wildman–Crippen LogP) is 2.40. The molecule has 0 aliphatic carbocycles. The maximum Gasteiger partial charge on any atom is 0.140 e. The van der Waals surface area contributed by atoms with Gasteiger partial charge in [-0.05, 0) is 25.5 Å². The molecule has 0 aliphatic rings. The predicted molar refractivity (Wildman–Crippen MR) is 64.9 cm³/mol. The van der Waals surface area contributed by atoms with Gasteiger partial charge in [0, 0.05) is 18.9 Å². The lowest BCUT2D eigenvalue weighted by molar-refractivity contribution is 0.921. The van der Waals surface area contributed by atoms with Crippen LogP contribution >= 0.6 is 0 Å². The van der Waals surface area contributed by atoms with Gasteiger partial charge in [0.2, 0.25) is 0 Å². The Morgan fingerprint density at radius 3 is 2.94 bits per heavy atom. The van der Waals surface area contributed by atoms with Gasteiger partial charge in [-0.2, -0.15) is 0 Å². The molecule has 0 amide bonds. The topological polar surface area (TPSA) is 42.7 Å². The summed E-state index contributed by atoms with van der Waals surface area (Å²) in [5.41, 5.74) is 0. The third kappa shape index (κ3) is 2.21. The zero-order valence-corrected chi connectivity index (χ0v) is 9.64. The Morgan fingerprint density at radius 2 is 2.25 bits per heavy atom. The van der Waals surface area contributed by atoms with Crippen molar-refractivity contribution >= 4 is 5.82 Å². The zero-order chi connectivity index (χ0) is 11.4. The fourth-order valence-corrected chi connectivity index (χ4v) is 1.53.